The van der Waals surface area contributed by atoms with Crippen LogP contribution in [0.3, 0.4) is 0 Å². The summed E-state index contributed by atoms with van der Waals surface area (Å²) >= 11 is 0. The van der Waals surface area contributed by atoms with Gasteiger partial charge in [-0.05, 0) is 38.4 Å². The van der Waals surface area contributed by atoms with E-state index in [2.05, 4.69) is 14.8 Å². The highest BCUT2D eigenvalue weighted by atomic mass is 16.3. The molecule has 1 unspecified atom stereocenters. The largest absolute Gasteiger partial charge is 0.506 e. The Morgan fingerprint density at radius 3 is 3.11 bits per heavy atom. The van der Waals surface area contributed by atoms with E-state index in [1.807, 2.05) is 13.0 Å². The lowest BCUT2D eigenvalue weighted by Crippen LogP contribution is -2.49. The molecular weight excluding hydrogens is 226 g/mol. The first-order valence-corrected chi connectivity index (χ1v) is 6.84. The third-order valence-corrected chi connectivity index (χ3v) is 4.13. The molecule has 3 heterocycles. The van der Waals surface area contributed by atoms with Gasteiger partial charge in [-0.1, -0.05) is 0 Å². The zero-order chi connectivity index (χ0) is 12.5. The van der Waals surface area contributed by atoms with Crippen LogP contribution in [0.25, 0.3) is 0 Å². The number of piperazine rings is 1. The summed E-state index contributed by atoms with van der Waals surface area (Å²) in [4.78, 5) is 9.47. The zero-order valence-corrected chi connectivity index (χ0v) is 11.0. The van der Waals surface area contributed by atoms with Crippen LogP contribution in [0.1, 0.15) is 24.2 Å². The second-order valence-corrected chi connectivity index (χ2v) is 5.49. The summed E-state index contributed by atoms with van der Waals surface area (Å²) in [5.41, 5.74) is 1.80. The molecule has 98 valence electrons. The van der Waals surface area contributed by atoms with Crippen molar-refractivity contribution >= 4 is 0 Å². The van der Waals surface area contributed by atoms with Gasteiger partial charge >= 0.3 is 0 Å². The summed E-state index contributed by atoms with van der Waals surface area (Å²) < 4.78 is 0. The molecule has 0 aromatic carbocycles. The van der Waals surface area contributed by atoms with E-state index in [4.69, 9.17) is 0 Å². The van der Waals surface area contributed by atoms with Gasteiger partial charge in [0.15, 0.2) is 0 Å². The van der Waals surface area contributed by atoms with Crippen LogP contribution in [0.2, 0.25) is 0 Å². The van der Waals surface area contributed by atoms with E-state index in [0.717, 1.165) is 43.6 Å². The molecule has 2 aliphatic rings. The fourth-order valence-corrected chi connectivity index (χ4v) is 3.13. The molecule has 1 N–H and O–H groups in total. The molecule has 0 bridgehead atoms. The monoisotopic (exact) mass is 247 g/mol. The van der Waals surface area contributed by atoms with Crippen molar-refractivity contribution in [3.05, 3.63) is 23.5 Å². The number of aromatic hydroxyl groups is 1. The average molecular weight is 247 g/mol. The molecular formula is C14H21N3O. The van der Waals surface area contributed by atoms with Crippen LogP contribution < -0.4 is 0 Å². The standard InChI is InChI=1S/C14H21N3O/c1-11-4-5-14(18)13(15-11)10-16-7-8-17-6-2-3-12(17)9-16/h4-5,12,18H,2-3,6-10H2,1H3. The van der Waals surface area contributed by atoms with Gasteiger partial charge in [-0.2, -0.15) is 0 Å². The second-order valence-electron chi connectivity index (χ2n) is 5.49. The smallest absolute Gasteiger partial charge is 0.138 e. The summed E-state index contributed by atoms with van der Waals surface area (Å²) in [6.45, 7) is 7.39. The molecule has 1 aromatic rings. The number of pyridine rings is 1. The second kappa shape index (κ2) is 4.86. The summed E-state index contributed by atoms with van der Waals surface area (Å²) in [6, 6.07) is 4.34. The number of aromatic nitrogens is 1. The Morgan fingerprint density at radius 2 is 2.22 bits per heavy atom. The van der Waals surface area contributed by atoms with E-state index in [0.29, 0.717) is 5.75 Å². The maximum atomic E-state index is 9.85. The summed E-state index contributed by atoms with van der Waals surface area (Å²) in [5.74, 6) is 0.328. The van der Waals surface area contributed by atoms with Gasteiger partial charge in [0.2, 0.25) is 0 Å². The van der Waals surface area contributed by atoms with Crippen LogP contribution in [0.15, 0.2) is 12.1 Å². The van der Waals surface area contributed by atoms with Gasteiger partial charge in [0, 0.05) is 37.9 Å². The zero-order valence-electron chi connectivity index (χ0n) is 11.0. The molecule has 0 amide bonds. The van der Waals surface area contributed by atoms with Crippen molar-refractivity contribution in [1.29, 1.82) is 0 Å². The Labute approximate surface area is 108 Å². The van der Waals surface area contributed by atoms with Crippen LogP contribution in [0.4, 0.5) is 0 Å². The number of hydrogen-bond donors (Lipinski definition) is 1. The molecule has 1 atom stereocenters. The van der Waals surface area contributed by atoms with Crippen molar-refractivity contribution in [3.63, 3.8) is 0 Å². The molecule has 0 saturated carbocycles. The SMILES string of the molecule is Cc1ccc(O)c(CN2CCN3CCCC3C2)n1. The fourth-order valence-electron chi connectivity index (χ4n) is 3.13. The molecule has 2 fully saturated rings. The van der Waals surface area contributed by atoms with Crippen LogP contribution in [0, 0.1) is 6.92 Å². The van der Waals surface area contributed by atoms with Gasteiger partial charge in [0.1, 0.15) is 5.75 Å². The normalized spacial score (nSPS) is 25.3. The van der Waals surface area contributed by atoms with Crippen molar-refractivity contribution in [1.82, 2.24) is 14.8 Å². The lowest BCUT2D eigenvalue weighted by Gasteiger charge is -2.37. The molecule has 0 spiro atoms. The Kier molecular flexibility index (Phi) is 3.22. The molecule has 4 nitrogen and oxygen atoms in total. The molecule has 4 heteroatoms. The number of rotatable bonds is 2. The van der Waals surface area contributed by atoms with Crippen molar-refractivity contribution in [2.45, 2.75) is 32.4 Å². The summed E-state index contributed by atoms with van der Waals surface area (Å²) in [6.07, 6.45) is 2.66. The van der Waals surface area contributed by atoms with E-state index in [1.54, 1.807) is 6.07 Å². The first kappa shape index (κ1) is 11.9. The van der Waals surface area contributed by atoms with Gasteiger partial charge < -0.3 is 5.11 Å². The third kappa shape index (κ3) is 2.35. The van der Waals surface area contributed by atoms with E-state index in [1.165, 1.54) is 19.4 Å². The fraction of sp³-hybridized carbons (Fsp3) is 0.643. The Morgan fingerprint density at radius 1 is 1.33 bits per heavy atom. The van der Waals surface area contributed by atoms with Crippen molar-refractivity contribution in [2.75, 3.05) is 26.2 Å². The molecule has 3 rings (SSSR count). The molecule has 18 heavy (non-hydrogen) atoms. The van der Waals surface area contributed by atoms with Crippen molar-refractivity contribution in [3.8, 4) is 5.75 Å². The number of nitrogens with zero attached hydrogens (tertiary/aromatic N) is 3. The summed E-state index contributed by atoms with van der Waals surface area (Å²) in [5, 5.41) is 9.85. The van der Waals surface area contributed by atoms with Crippen molar-refractivity contribution < 1.29 is 5.11 Å². The highest BCUT2D eigenvalue weighted by molar-refractivity contribution is 5.27. The molecule has 1 aromatic heterocycles. The summed E-state index contributed by atoms with van der Waals surface area (Å²) in [7, 11) is 0. The quantitative estimate of drug-likeness (QED) is 0.857. The van der Waals surface area contributed by atoms with Gasteiger partial charge in [-0.3, -0.25) is 14.8 Å². The lowest BCUT2D eigenvalue weighted by molar-refractivity contribution is 0.0977. The van der Waals surface area contributed by atoms with E-state index >= 15 is 0 Å². The molecule has 2 saturated heterocycles. The Bertz CT molecular complexity index is 435. The minimum atomic E-state index is 0.328. The third-order valence-electron chi connectivity index (χ3n) is 4.13. The van der Waals surface area contributed by atoms with Gasteiger partial charge in [0.25, 0.3) is 0 Å². The van der Waals surface area contributed by atoms with Crippen LogP contribution in [-0.4, -0.2) is 52.1 Å². The average Bonchev–Trinajstić information content (AvgIpc) is 2.81. The molecule has 0 radical (unpaired) electrons. The maximum Gasteiger partial charge on any atom is 0.138 e. The van der Waals surface area contributed by atoms with E-state index in [-0.39, 0.29) is 0 Å². The van der Waals surface area contributed by atoms with Crippen LogP contribution in [-0.2, 0) is 6.54 Å². The number of aryl methyl sites for hydroxylation is 1. The highest BCUT2D eigenvalue weighted by Gasteiger charge is 2.30. The number of fused-ring (bicyclic) bond motifs is 1. The maximum absolute atomic E-state index is 9.85. The van der Waals surface area contributed by atoms with Crippen LogP contribution in [0.5, 0.6) is 5.75 Å². The van der Waals surface area contributed by atoms with Crippen molar-refractivity contribution in [2.24, 2.45) is 0 Å². The lowest BCUT2D eigenvalue weighted by atomic mass is 10.1. The Balaban J connectivity index is 1.67. The predicted molar refractivity (Wildman–Crippen MR) is 70.5 cm³/mol. The van der Waals surface area contributed by atoms with Gasteiger partial charge in [-0.25, -0.2) is 0 Å². The minimum absolute atomic E-state index is 0.328. The topological polar surface area (TPSA) is 39.6 Å². The minimum Gasteiger partial charge on any atom is -0.506 e. The highest BCUT2D eigenvalue weighted by Crippen LogP contribution is 2.24. The molecule has 0 aliphatic carbocycles. The van der Waals surface area contributed by atoms with E-state index < -0.39 is 0 Å². The Hall–Kier alpha value is -1.13. The van der Waals surface area contributed by atoms with Gasteiger partial charge in [0.05, 0.1) is 5.69 Å². The van der Waals surface area contributed by atoms with Crippen LogP contribution >= 0.6 is 0 Å². The first-order valence-electron chi connectivity index (χ1n) is 6.84. The number of hydrogen-bond acceptors (Lipinski definition) is 4. The van der Waals surface area contributed by atoms with Gasteiger partial charge in [-0.15, -0.1) is 0 Å². The van der Waals surface area contributed by atoms with E-state index in [9.17, 15) is 5.11 Å². The molecule has 2 aliphatic heterocycles. The first-order chi connectivity index (χ1) is 8.72. The predicted octanol–water partition coefficient (Wildman–Crippen LogP) is 1.38.